The molecule has 0 aliphatic rings. The molecule has 274 valence electrons. The van der Waals surface area contributed by atoms with Crippen molar-refractivity contribution in [2.75, 3.05) is 14.2 Å². The molecule has 0 aliphatic carbocycles. The second-order valence-corrected chi connectivity index (χ2v) is 12.7. The number of ether oxygens (including phenoxy) is 3. The second-order valence-electron chi connectivity index (χ2n) is 12.7. The first-order valence-corrected chi connectivity index (χ1v) is 16.5. The van der Waals surface area contributed by atoms with Gasteiger partial charge in [-0.3, -0.25) is 9.59 Å². The number of hydrogen-bond acceptors (Lipinski definition) is 8. The predicted molar refractivity (Wildman–Crippen MR) is 184 cm³/mol. The average molecular weight is 703 g/mol. The third-order valence-corrected chi connectivity index (χ3v) is 8.38. The van der Waals surface area contributed by atoms with E-state index in [-0.39, 0.29) is 17.9 Å². The van der Waals surface area contributed by atoms with Crippen LogP contribution in [0, 0.1) is 5.92 Å². The van der Waals surface area contributed by atoms with E-state index in [9.17, 15) is 37.8 Å². The van der Waals surface area contributed by atoms with E-state index in [0.29, 0.717) is 42.4 Å². The van der Waals surface area contributed by atoms with Gasteiger partial charge in [0.15, 0.2) is 11.9 Å². The number of esters is 2. The molecule has 0 aromatic heterocycles. The molecule has 0 heterocycles. The number of alkyl halides is 3. The minimum Gasteiger partial charge on any atom is -0.508 e. The smallest absolute Gasteiger partial charge is 0.432 e. The van der Waals surface area contributed by atoms with Crippen LogP contribution in [0.25, 0.3) is 0 Å². The molecule has 0 spiro atoms. The van der Waals surface area contributed by atoms with Crippen LogP contribution in [0.15, 0.2) is 77.4 Å². The number of phenolic OH excluding ortho intramolecular Hbond substituents is 2. The molecule has 11 heteroatoms. The van der Waals surface area contributed by atoms with E-state index in [1.165, 1.54) is 43.5 Å². The van der Waals surface area contributed by atoms with Gasteiger partial charge in [-0.15, -0.1) is 0 Å². The van der Waals surface area contributed by atoms with Crippen molar-refractivity contribution in [3.8, 4) is 11.5 Å². The molecule has 8 nitrogen and oxygen atoms in total. The number of phenols is 2. The van der Waals surface area contributed by atoms with Crippen LogP contribution in [0.1, 0.15) is 83.4 Å². The monoisotopic (exact) mass is 702 g/mol. The molecule has 0 fully saturated rings. The van der Waals surface area contributed by atoms with Crippen molar-refractivity contribution < 1.29 is 52.0 Å². The van der Waals surface area contributed by atoms with Crippen molar-refractivity contribution in [3.63, 3.8) is 0 Å². The van der Waals surface area contributed by atoms with Crippen LogP contribution in [0.3, 0.4) is 0 Å². The normalized spacial score (nSPS) is 14.7. The number of benzene rings is 2. The number of carbonyl (C=O) groups is 3. The Bertz CT molecular complexity index is 1550. The van der Waals surface area contributed by atoms with Gasteiger partial charge in [-0.25, -0.2) is 4.79 Å². The van der Waals surface area contributed by atoms with Crippen LogP contribution in [0.2, 0.25) is 0 Å². The number of methoxy groups -OCH3 is 2. The highest BCUT2D eigenvalue weighted by Gasteiger charge is 2.64. The summed E-state index contributed by atoms with van der Waals surface area (Å²) in [6, 6.07) is 9.27. The van der Waals surface area contributed by atoms with Crippen LogP contribution < -0.4 is 0 Å². The predicted octanol–water partition coefficient (Wildman–Crippen LogP) is 8.39. The highest BCUT2D eigenvalue weighted by atomic mass is 19.4. The molecule has 0 aliphatic heterocycles. The summed E-state index contributed by atoms with van der Waals surface area (Å²) in [5.74, 6) is -3.44. The van der Waals surface area contributed by atoms with Gasteiger partial charge in [-0.2, -0.15) is 13.2 Å². The minimum absolute atomic E-state index is 0.0524. The third kappa shape index (κ3) is 11.6. The Labute approximate surface area is 292 Å². The summed E-state index contributed by atoms with van der Waals surface area (Å²) in [6.07, 6.45) is 2.21. The third-order valence-electron chi connectivity index (χ3n) is 8.38. The molecule has 0 saturated carbocycles. The van der Waals surface area contributed by atoms with Crippen LogP contribution >= 0.6 is 0 Å². The quantitative estimate of drug-likeness (QED) is 0.0904. The number of ketones is 1. The van der Waals surface area contributed by atoms with Gasteiger partial charge >= 0.3 is 18.1 Å². The molecule has 50 heavy (non-hydrogen) atoms. The van der Waals surface area contributed by atoms with E-state index in [1.54, 1.807) is 20.8 Å². The Hall–Kier alpha value is -4.38. The van der Waals surface area contributed by atoms with Crippen molar-refractivity contribution in [3.05, 3.63) is 94.1 Å². The number of Topliss-reactive ketones (excluding diaryl/α,β-unsaturated/α-hetero) is 1. The maximum atomic E-state index is 14.4. The fraction of sp³-hybridized carbons (Fsp3) is 0.462. The molecule has 3 atom stereocenters. The van der Waals surface area contributed by atoms with Gasteiger partial charge < -0.3 is 24.4 Å². The minimum atomic E-state index is -5.16. The Morgan fingerprint density at radius 2 is 1.52 bits per heavy atom. The lowest BCUT2D eigenvalue weighted by atomic mass is 9.91. The van der Waals surface area contributed by atoms with Gasteiger partial charge in [-0.1, -0.05) is 66.1 Å². The van der Waals surface area contributed by atoms with E-state index in [4.69, 9.17) is 9.47 Å². The highest BCUT2D eigenvalue weighted by molar-refractivity contribution is 5.91. The van der Waals surface area contributed by atoms with Gasteiger partial charge in [-0.05, 0) is 84.4 Å². The summed E-state index contributed by atoms with van der Waals surface area (Å²) >= 11 is 0. The van der Waals surface area contributed by atoms with Crippen molar-refractivity contribution in [1.29, 1.82) is 0 Å². The first-order chi connectivity index (χ1) is 23.5. The molecule has 2 N–H and O–H groups in total. The maximum absolute atomic E-state index is 14.4. The van der Waals surface area contributed by atoms with Crippen molar-refractivity contribution in [2.45, 2.75) is 97.4 Å². The van der Waals surface area contributed by atoms with Crippen LogP contribution in [0.4, 0.5) is 13.2 Å². The van der Waals surface area contributed by atoms with Gasteiger partial charge in [0, 0.05) is 29.7 Å². The first-order valence-electron chi connectivity index (χ1n) is 16.5. The lowest BCUT2D eigenvalue weighted by Crippen LogP contribution is -2.53. The Kier molecular flexibility index (Phi) is 16.0. The van der Waals surface area contributed by atoms with Gasteiger partial charge in [0.05, 0.1) is 13.5 Å². The number of aromatic hydroxyl groups is 2. The Morgan fingerprint density at radius 3 is 2.10 bits per heavy atom. The zero-order valence-electron chi connectivity index (χ0n) is 29.9. The van der Waals surface area contributed by atoms with Crippen molar-refractivity contribution in [2.24, 2.45) is 5.92 Å². The SMILES string of the molecule is COC(=O)Cc1cc(O)cc(C/C=C(\C)CC/C=C(\C)CCCC(C)C(=O)[C@H](C=C(C)C)OC(=O)[C@@](OC)(c2ccccc2)C(F)(F)F)c1O. The van der Waals surface area contributed by atoms with Crippen LogP contribution in [-0.4, -0.2) is 54.4 Å². The molecule has 2 rings (SSSR count). The average Bonchev–Trinajstić information content (AvgIpc) is 3.04. The number of allylic oxidation sites excluding steroid dienone is 5. The molecule has 1 unspecified atom stereocenters. The van der Waals surface area contributed by atoms with Crippen molar-refractivity contribution in [1.82, 2.24) is 0 Å². The molecular weight excluding hydrogens is 653 g/mol. The molecule has 2 aromatic carbocycles. The van der Waals surface area contributed by atoms with Crippen LogP contribution in [0.5, 0.6) is 11.5 Å². The number of hydrogen-bond donors (Lipinski definition) is 2. The summed E-state index contributed by atoms with van der Waals surface area (Å²) < 4.78 is 57.9. The van der Waals surface area contributed by atoms with Gasteiger partial charge in [0.2, 0.25) is 0 Å². The summed E-state index contributed by atoms with van der Waals surface area (Å²) in [6.45, 7) is 8.94. The fourth-order valence-corrected chi connectivity index (χ4v) is 5.47. The van der Waals surface area contributed by atoms with E-state index in [0.717, 1.165) is 43.2 Å². The van der Waals surface area contributed by atoms with Gasteiger partial charge in [0.25, 0.3) is 5.60 Å². The topological polar surface area (TPSA) is 119 Å². The molecule has 0 radical (unpaired) electrons. The van der Waals surface area contributed by atoms with Crippen LogP contribution in [-0.2, 0) is 47.0 Å². The van der Waals surface area contributed by atoms with E-state index >= 15 is 0 Å². The van der Waals surface area contributed by atoms with E-state index in [1.807, 2.05) is 19.9 Å². The van der Waals surface area contributed by atoms with E-state index < -0.39 is 47.1 Å². The largest absolute Gasteiger partial charge is 0.508 e. The molecule has 0 amide bonds. The summed E-state index contributed by atoms with van der Waals surface area (Å²) in [7, 11) is 2.03. The highest BCUT2D eigenvalue weighted by Crippen LogP contribution is 2.43. The number of halogens is 3. The molecule has 0 saturated heterocycles. The molecule has 2 aromatic rings. The van der Waals surface area contributed by atoms with Crippen molar-refractivity contribution >= 4 is 17.7 Å². The number of rotatable bonds is 18. The standard InChI is InChI=1S/C39H49F3O8/c1-25(2)21-33(50-37(47)38(49-7,39(40,41)42)31-17-9-8-10-18-31)35(45)28(5)16-12-15-26(3)13-11-14-27(4)19-20-29-22-32(43)23-30(36(29)46)24-34(44)48-6/h8-10,13,17-19,21-23,28,33,43,46H,11-12,14-16,20,24H2,1-7H3/b26-13+,27-19+/t28?,33-,38-/m0/s1. The number of carbonyl (C=O) groups excluding carboxylic acids is 3. The Balaban J connectivity index is 1.99. The lowest BCUT2D eigenvalue weighted by Gasteiger charge is -2.33. The molecule has 0 bridgehead atoms. The summed E-state index contributed by atoms with van der Waals surface area (Å²) in [4.78, 5) is 38.3. The zero-order chi connectivity index (χ0) is 37.6. The zero-order valence-corrected chi connectivity index (χ0v) is 29.9. The second kappa shape index (κ2) is 19.1. The van der Waals surface area contributed by atoms with E-state index in [2.05, 4.69) is 10.8 Å². The Morgan fingerprint density at radius 1 is 0.900 bits per heavy atom. The van der Waals surface area contributed by atoms with Gasteiger partial charge in [0.1, 0.15) is 11.5 Å². The fourth-order valence-electron chi connectivity index (χ4n) is 5.47. The maximum Gasteiger partial charge on any atom is 0.432 e. The molecular formula is C39H49F3O8. The summed E-state index contributed by atoms with van der Waals surface area (Å²) in [5, 5.41) is 20.6. The first kappa shape index (κ1) is 41.8. The summed E-state index contributed by atoms with van der Waals surface area (Å²) in [5.41, 5.74) is -0.285. The lowest BCUT2D eigenvalue weighted by molar-refractivity contribution is -0.277.